The standard InChI is InChI=1S/C24H27ClN4OS/c1-2-19-12-8-9-15-28(19)22(30)17-31-24-27-26-23(20-13-6-7-14-21(20)25)29(24)16-18-10-4-3-5-11-18/h3-7,10-11,13-14,19H,2,8-9,12,15-17H2,1H3. The van der Waals surface area contributed by atoms with Gasteiger partial charge in [-0.05, 0) is 43.4 Å². The van der Waals surface area contributed by atoms with Gasteiger partial charge in [-0.25, -0.2) is 0 Å². The fourth-order valence-electron chi connectivity index (χ4n) is 4.11. The second kappa shape index (κ2) is 10.3. The van der Waals surface area contributed by atoms with Crippen molar-refractivity contribution >= 4 is 29.3 Å². The zero-order valence-corrected chi connectivity index (χ0v) is 19.3. The van der Waals surface area contributed by atoms with Gasteiger partial charge in [0.2, 0.25) is 5.91 Å². The number of nitrogens with zero attached hydrogens (tertiary/aromatic N) is 4. The van der Waals surface area contributed by atoms with E-state index in [0.29, 0.717) is 29.2 Å². The van der Waals surface area contributed by atoms with Crippen molar-refractivity contribution in [1.82, 2.24) is 19.7 Å². The van der Waals surface area contributed by atoms with Crippen LogP contribution in [0.3, 0.4) is 0 Å². The van der Waals surface area contributed by atoms with Crippen LogP contribution in [-0.4, -0.2) is 43.9 Å². The van der Waals surface area contributed by atoms with Gasteiger partial charge in [-0.1, -0.05) is 72.8 Å². The highest BCUT2D eigenvalue weighted by molar-refractivity contribution is 7.99. The molecule has 1 aliphatic heterocycles. The molecule has 4 rings (SSSR count). The third kappa shape index (κ3) is 5.13. The summed E-state index contributed by atoms with van der Waals surface area (Å²) >= 11 is 7.91. The first kappa shape index (κ1) is 21.9. The number of halogens is 1. The number of aromatic nitrogens is 3. The molecule has 1 fully saturated rings. The lowest BCUT2D eigenvalue weighted by atomic mass is 10.0. The van der Waals surface area contributed by atoms with E-state index in [0.717, 1.165) is 42.1 Å². The van der Waals surface area contributed by atoms with E-state index in [1.807, 2.05) is 42.5 Å². The van der Waals surface area contributed by atoms with Crippen molar-refractivity contribution in [3.63, 3.8) is 0 Å². The SMILES string of the molecule is CCC1CCCCN1C(=O)CSc1nnc(-c2ccccc2Cl)n1Cc1ccccc1. The van der Waals surface area contributed by atoms with E-state index in [9.17, 15) is 4.79 Å². The molecule has 1 aliphatic rings. The lowest BCUT2D eigenvalue weighted by Crippen LogP contribution is -2.44. The van der Waals surface area contributed by atoms with Crippen molar-refractivity contribution in [3.05, 3.63) is 65.2 Å². The Morgan fingerprint density at radius 2 is 1.87 bits per heavy atom. The predicted octanol–water partition coefficient (Wildman–Crippen LogP) is 5.53. The number of hydrogen-bond acceptors (Lipinski definition) is 4. The summed E-state index contributed by atoms with van der Waals surface area (Å²) in [5.74, 6) is 1.27. The number of benzene rings is 2. The molecular formula is C24H27ClN4OS. The van der Waals surface area contributed by atoms with Crippen LogP contribution in [0, 0.1) is 0 Å². The molecule has 1 amide bonds. The van der Waals surface area contributed by atoms with Crippen LogP contribution in [0.5, 0.6) is 0 Å². The van der Waals surface area contributed by atoms with Gasteiger partial charge < -0.3 is 4.90 Å². The fraction of sp³-hybridized carbons (Fsp3) is 0.375. The van der Waals surface area contributed by atoms with Crippen LogP contribution in [0.25, 0.3) is 11.4 Å². The summed E-state index contributed by atoms with van der Waals surface area (Å²) in [6.07, 6.45) is 4.42. The van der Waals surface area contributed by atoms with Gasteiger partial charge in [0.15, 0.2) is 11.0 Å². The molecule has 162 valence electrons. The molecule has 0 aliphatic carbocycles. The normalized spacial score (nSPS) is 16.5. The van der Waals surface area contributed by atoms with E-state index in [-0.39, 0.29) is 5.91 Å². The van der Waals surface area contributed by atoms with Gasteiger partial charge >= 0.3 is 0 Å². The van der Waals surface area contributed by atoms with E-state index in [2.05, 4.69) is 38.7 Å². The van der Waals surface area contributed by atoms with Crippen LogP contribution in [0.2, 0.25) is 5.02 Å². The van der Waals surface area contributed by atoms with Crippen molar-refractivity contribution in [2.24, 2.45) is 0 Å². The number of amides is 1. The van der Waals surface area contributed by atoms with E-state index in [1.54, 1.807) is 0 Å². The number of carbonyl (C=O) groups is 1. The number of piperidine rings is 1. The summed E-state index contributed by atoms with van der Waals surface area (Å²) in [7, 11) is 0. The van der Waals surface area contributed by atoms with Gasteiger partial charge in [-0.2, -0.15) is 0 Å². The molecule has 0 spiro atoms. The van der Waals surface area contributed by atoms with E-state index in [1.165, 1.54) is 18.2 Å². The molecule has 2 heterocycles. The topological polar surface area (TPSA) is 51.0 Å². The predicted molar refractivity (Wildman–Crippen MR) is 126 cm³/mol. The van der Waals surface area contributed by atoms with Crippen LogP contribution in [0.4, 0.5) is 0 Å². The number of hydrogen-bond donors (Lipinski definition) is 0. The molecular weight excluding hydrogens is 428 g/mol. The van der Waals surface area contributed by atoms with Gasteiger partial charge in [0.1, 0.15) is 0 Å². The molecule has 0 radical (unpaired) electrons. The summed E-state index contributed by atoms with van der Waals surface area (Å²) in [6.45, 7) is 3.64. The minimum Gasteiger partial charge on any atom is -0.339 e. The summed E-state index contributed by atoms with van der Waals surface area (Å²) in [5, 5.41) is 10.2. The van der Waals surface area contributed by atoms with Crippen LogP contribution in [0.1, 0.15) is 38.2 Å². The summed E-state index contributed by atoms with van der Waals surface area (Å²) in [6, 6.07) is 18.2. The Balaban J connectivity index is 1.58. The molecule has 1 atom stereocenters. The van der Waals surface area contributed by atoms with Gasteiger partial charge in [0.25, 0.3) is 0 Å². The Bertz CT molecular complexity index is 1020. The maximum Gasteiger partial charge on any atom is 0.233 e. The zero-order chi connectivity index (χ0) is 21.6. The van der Waals surface area contributed by atoms with Crippen molar-refractivity contribution in [3.8, 4) is 11.4 Å². The third-order valence-electron chi connectivity index (χ3n) is 5.76. The first-order valence-electron chi connectivity index (χ1n) is 10.8. The zero-order valence-electron chi connectivity index (χ0n) is 17.7. The van der Waals surface area contributed by atoms with E-state index in [4.69, 9.17) is 11.6 Å². The smallest absolute Gasteiger partial charge is 0.233 e. The van der Waals surface area contributed by atoms with Gasteiger partial charge in [0.05, 0.1) is 17.3 Å². The van der Waals surface area contributed by atoms with E-state index < -0.39 is 0 Å². The lowest BCUT2D eigenvalue weighted by Gasteiger charge is -2.35. The Morgan fingerprint density at radius 1 is 1.10 bits per heavy atom. The summed E-state index contributed by atoms with van der Waals surface area (Å²) in [4.78, 5) is 15.0. The first-order valence-corrected chi connectivity index (χ1v) is 12.2. The minimum atomic E-state index is 0.185. The van der Waals surface area contributed by atoms with Gasteiger partial charge in [-0.15, -0.1) is 10.2 Å². The summed E-state index contributed by atoms with van der Waals surface area (Å²) in [5.41, 5.74) is 1.98. The molecule has 3 aromatic rings. The van der Waals surface area contributed by atoms with E-state index >= 15 is 0 Å². The molecule has 1 unspecified atom stereocenters. The second-order valence-corrected chi connectivity index (χ2v) is 9.14. The second-order valence-electron chi connectivity index (χ2n) is 7.79. The first-order chi connectivity index (χ1) is 15.2. The molecule has 31 heavy (non-hydrogen) atoms. The molecule has 0 bridgehead atoms. The Labute approximate surface area is 192 Å². The van der Waals surface area contributed by atoms with Crippen molar-refractivity contribution < 1.29 is 4.79 Å². The number of rotatable bonds is 7. The van der Waals surface area contributed by atoms with Crippen LogP contribution >= 0.6 is 23.4 Å². The largest absolute Gasteiger partial charge is 0.339 e. The van der Waals surface area contributed by atoms with Gasteiger partial charge in [-0.3, -0.25) is 9.36 Å². The summed E-state index contributed by atoms with van der Waals surface area (Å²) < 4.78 is 2.06. The average Bonchev–Trinajstić information content (AvgIpc) is 3.20. The Kier molecular flexibility index (Phi) is 7.30. The Hall–Kier alpha value is -2.31. The third-order valence-corrected chi connectivity index (χ3v) is 7.04. The molecule has 2 aromatic carbocycles. The molecule has 5 nitrogen and oxygen atoms in total. The van der Waals surface area contributed by atoms with Crippen LogP contribution in [0.15, 0.2) is 59.8 Å². The number of likely N-dealkylation sites (tertiary alicyclic amines) is 1. The minimum absolute atomic E-state index is 0.185. The maximum absolute atomic E-state index is 13.0. The monoisotopic (exact) mass is 454 g/mol. The highest BCUT2D eigenvalue weighted by Gasteiger charge is 2.26. The van der Waals surface area contributed by atoms with Crippen molar-refractivity contribution in [2.45, 2.75) is 50.4 Å². The fourth-order valence-corrected chi connectivity index (χ4v) is 5.15. The number of carbonyl (C=O) groups excluding carboxylic acids is 1. The molecule has 0 N–H and O–H groups in total. The molecule has 7 heteroatoms. The maximum atomic E-state index is 13.0. The molecule has 0 saturated carbocycles. The van der Waals surface area contributed by atoms with Crippen LogP contribution < -0.4 is 0 Å². The van der Waals surface area contributed by atoms with Crippen molar-refractivity contribution in [2.75, 3.05) is 12.3 Å². The highest BCUT2D eigenvalue weighted by atomic mass is 35.5. The lowest BCUT2D eigenvalue weighted by molar-refractivity contribution is -0.132. The quantitative estimate of drug-likeness (QED) is 0.440. The number of thioether (sulfide) groups is 1. The van der Waals surface area contributed by atoms with Gasteiger partial charge in [0, 0.05) is 18.2 Å². The van der Waals surface area contributed by atoms with Crippen molar-refractivity contribution in [1.29, 1.82) is 0 Å². The highest BCUT2D eigenvalue weighted by Crippen LogP contribution is 2.30. The molecule has 1 aromatic heterocycles. The molecule has 1 saturated heterocycles. The Morgan fingerprint density at radius 3 is 2.65 bits per heavy atom. The average molecular weight is 455 g/mol. The van der Waals surface area contributed by atoms with Crippen LogP contribution in [-0.2, 0) is 11.3 Å².